The molecule has 0 aliphatic carbocycles. The number of H-pyrrole nitrogens is 1. The zero-order valence-electron chi connectivity index (χ0n) is 15.6. The number of fused-ring (bicyclic) bond motifs is 1. The molecule has 0 aromatic carbocycles. The number of alkyl halides is 1. The number of hydrogen-bond donors (Lipinski definition) is 3. The van der Waals surface area contributed by atoms with E-state index in [4.69, 9.17) is 0 Å². The van der Waals surface area contributed by atoms with Crippen LogP contribution in [0.15, 0.2) is 36.9 Å². The number of hydrogen-bond acceptors (Lipinski definition) is 6. The van der Waals surface area contributed by atoms with Gasteiger partial charge in [0.15, 0.2) is 23.3 Å². The number of nitrogens with one attached hydrogen (secondary N) is 3. The molecule has 0 bridgehead atoms. The van der Waals surface area contributed by atoms with Crippen LogP contribution in [0.4, 0.5) is 19.0 Å². The normalized spacial score (nSPS) is 19.3. The Labute approximate surface area is 168 Å². The SMILES string of the molecule is Fc1cc(F)c(-c2cnc3cc(-c4ncn[nH]4)ccn23)nc1NC1CNCCC1F. The van der Waals surface area contributed by atoms with Gasteiger partial charge in [-0.1, -0.05) is 0 Å². The maximum atomic E-state index is 14.6. The summed E-state index contributed by atoms with van der Waals surface area (Å²) >= 11 is 0. The summed E-state index contributed by atoms with van der Waals surface area (Å²) in [6.45, 7) is 0.886. The molecule has 2 atom stereocenters. The Hall–Kier alpha value is -3.47. The molecular weight excluding hydrogens is 397 g/mol. The molecule has 4 aromatic rings. The molecule has 2 unspecified atom stereocenters. The van der Waals surface area contributed by atoms with Gasteiger partial charge in [-0.15, -0.1) is 0 Å². The fourth-order valence-corrected chi connectivity index (χ4v) is 3.54. The highest BCUT2D eigenvalue weighted by Crippen LogP contribution is 2.28. The number of imidazole rings is 1. The van der Waals surface area contributed by atoms with E-state index in [9.17, 15) is 13.2 Å². The van der Waals surface area contributed by atoms with Gasteiger partial charge in [0.2, 0.25) is 0 Å². The monoisotopic (exact) mass is 414 g/mol. The quantitative estimate of drug-likeness (QED) is 0.475. The molecule has 3 N–H and O–H groups in total. The summed E-state index contributed by atoms with van der Waals surface area (Å²) in [6, 6.07) is 3.62. The van der Waals surface area contributed by atoms with Gasteiger partial charge in [0, 0.05) is 24.4 Å². The van der Waals surface area contributed by atoms with Crippen LogP contribution < -0.4 is 10.6 Å². The fraction of sp³-hybridized carbons (Fsp3) is 0.263. The number of nitrogens with zero attached hydrogens (tertiary/aromatic N) is 5. The summed E-state index contributed by atoms with van der Waals surface area (Å²) in [5, 5.41) is 12.4. The number of rotatable bonds is 4. The summed E-state index contributed by atoms with van der Waals surface area (Å²) in [5.41, 5.74) is 1.54. The Morgan fingerprint density at radius 2 is 2.07 bits per heavy atom. The van der Waals surface area contributed by atoms with Crippen molar-refractivity contribution in [2.75, 3.05) is 18.4 Å². The van der Waals surface area contributed by atoms with E-state index in [2.05, 4.69) is 35.8 Å². The van der Waals surface area contributed by atoms with Gasteiger partial charge in [0.25, 0.3) is 0 Å². The zero-order valence-corrected chi connectivity index (χ0v) is 15.6. The van der Waals surface area contributed by atoms with E-state index in [1.54, 1.807) is 22.7 Å². The predicted octanol–water partition coefficient (Wildman–Crippen LogP) is 2.57. The lowest BCUT2D eigenvalue weighted by atomic mass is 10.1. The Morgan fingerprint density at radius 3 is 2.87 bits per heavy atom. The number of piperidine rings is 1. The average Bonchev–Trinajstić information content (AvgIpc) is 3.41. The molecule has 1 aliphatic heterocycles. The van der Waals surface area contributed by atoms with E-state index in [1.165, 1.54) is 12.5 Å². The van der Waals surface area contributed by atoms with Crippen LogP contribution in [0, 0.1) is 11.6 Å². The summed E-state index contributed by atoms with van der Waals surface area (Å²) < 4.78 is 44.7. The van der Waals surface area contributed by atoms with E-state index >= 15 is 0 Å². The van der Waals surface area contributed by atoms with Gasteiger partial charge in [0.1, 0.15) is 23.8 Å². The first kappa shape index (κ1) is 18.6. The van der Waals surface area contributed by atoms with Crippen molar-refractivity contribution in [3.63, 3.8) is 0 Å². The second-order valence-corrected chi connectivity index (χ2v) is 7.03. The first-order valence-corrected chi connectivity index (χ1v) is 9.41. The highest BCUT2D eigenvalue weighted by molar-refractivity contribution is 5.67. The molecule has 1 fully saturated rings. The van der Waals surface area contributed by atoms with Crippen LogP contribution in [0.5, 0.6) is 0 Å². The number of anilines is 1. The molecule has 0 amide bonds. The zero-order chi connectivity index (χ0) is 20.7. The van der Waals surface area contributed by atoms with Crippen molar-refractivity contribution in [2.24, 2.45) is 0 Å². The van der Waals surface area contributed by atoms with Gasteiger partial charge in [0.05, 0.1) is 17.9 Å². The number of aromatic nitrogens is 6. The average molecular weight is 414 g/mol. The minimum absolute atomic E-state index is 0.0852. The molecule has 0 spiro atoms. The molecule has 11 heteroatoms. The van der Waals surface area contributed by atoms with Crippen LogP contribution in [0.25, 0.3) is 28.4 Å². The maximum Gasteiger partial charge on any atom is 0.168 e. The molecule has 5 rings (SSSR count). The van der Waals surface area contributed by atoms with Crippen LogP contribution in [0.1, 0.15) is 6.42 Å². The third-order valence-corrected chi connectivity index (χ3v) is 5.09. The number of halogens is 3. The molecular formula is C19H17F3N8. The fourth-order valence-electron chi connectivity index (χ4n) is 3.54. The highest BCUT2D eigenvalue weighted by Gasteiger charge is 2.26. The predicted molar refractivity (Wildman–Crippen MR) is 104 cm³/mol. The molecule has 1 saturated heterocycles. The molecule has 30 heavy (non-hydrogen) atoms. The van der Waals surface area contributed by atoms with Crippen LogP contribution in [-0.4, -0.2) is 54.9 Å². The van der Waals surface area contributed by atoms with Gasteiger partial charge in [-0.2, -0.15) is 5.10 Å². The second kappa shape index (κ2) is 7.41. The lowest BCUT2D eigenvalue weighted by Crippen LogP contribution is -2.46. The first-order chi connectivity index (χ1) is 14.6. The van der Waals surface area contributed by atoms with Crippen molar-refractivity contribution in [2.45, 2.75) is 18.6 Å². The van der Waals surface area contributed by atoms with Crippen LogP contribution in [0.3, 0.4) is 0 Å². The lowest BCUT2D eigenvalue weighted by molar-refractivity contribution is 0.240. The molecule has 4 aromatic heterocycles. The van der Waals surface area contributed by atoms with Crippen molar-refractivity contribution in [3.8, 4) is 22.8 Å². The standard InChI is InChI=1S/C19H17F3N8/c20-11-1-3-23-7-14(11)27-19-13(22)6-12(21)17(28-19)15-8-24-16-5-10(2-4-30(15)16)18-25-9-26-29-18/h2,4-6,8-9,11,14,23H,1,3,7H2,(H,27,28)(H,25,26,29). The first-order valence-electron chi connectivity index (χ1n) is 9.41. The largest absolute Gasteiger partial charge is 0.361 e. The van der Waals surface area contributed by atoms with E-state index in [1.807, 2.05) is 0 Å². The Kier molecular flexibility index (Phi) is 4.58. The molecule has 8 nitrogen and oxygen atoms in total. The Balaban J connectivity index is 1.52. The Bertz CT molecular complexity index is 1190. The maximum absolute atomic E-state index is 14.6. The van der Waals surface area contributed by atoms with Crippen molar-refractivity contribution < 1.29 is 13.2 Å². The number of pyridine rings is 2. The number of aromatic amines is 1. The third kappa shape index (κ3) is 3.26. The molecule has 154 valence electrons. The van der Waals surface area contributed by atoms with Crippen molar-refractivity contribution in [3.05, 3.63) is 48.6 Å². The highest BCUT2D eigenvalue weighted by atomic mass is 19.1. The van der Waals surface area contributed by atoms with Crippen molar-refractivity contribution in [1.29, 1.82) is 0 Å². The Morgan fingerprint density at radius 1 is 1.17 bits per heavy atom. The molecule has 5 heterocycles. The van der Waals surface area contributed by atoms with Gasteiger partial charge in [-0.3, -0.25) is 9.50 Å². The van der Waals surface area contributed by atoms with Crippen molar-refractivity contribution in [1.82, 2.24) is 34.9 Å². The van der Waals surface area contributed by atoms with Gasteiger partial charge < -0.3 is 10.6 Å². The van der Waals surface area contributed by atoms with Gasteiger partial charge in [-0.05, 0) is 25.1 Å². The third-order valence-electron chi connectivity index (χ3n) is 5.09. The van der Waals surface area contributed by atoms with Gasteiger partial charge in [-0.25, -0.2) is 28.1 Å². The van der Waals surface area contributed by atoms with E-state index < -0.39 is 23.8 Å². The second-order valence-electron chi connectivity index (χ2n) is 7.03. The smallest absolute Gasteiger partial charge is 0.168 e. The lowest BCUT2D eigenvalue weighted by Gasteiger charge is -2.28. The van der Waals surface area contributed by atoms with E-state index in [0.717, 1.165) is 11.6 Å². The van der Waals surface area contributed by atoms with Crippen LogP contribution in [-0.2, 0) is 0 Å². The summed E-state index contributed by atoms with van der Waals surface area (Å²) in [6.07, 6.45) is 3.70. The topological polar surface area (TPSA) is 95.8 Å². The van der Waals surface area contributed by atoms with Crippen LogP contribution in [0.2, 0.25) is 0 Å². The summed E-state index contributed by atoms with van der Waals surface area (Å²) in [5.74, 6) is -1.34. The van der Waals surface area contributed by atoms with E-state index in [0.29, 0.717) is 36.7 Å². The molecule has 0 radical (unpaired) electrons. The van der Waals surface area contributed by atoms with Crippen molar-refractivity contribution >= 4 is 11.5 Å². The molecule has 1 aliphatic rings. The van der Waals surface area contributed by atoms with E-state index in [-0.39, 0.29) is 11.5 Å². The summed E-state index contributed by atoms with van der Waals surface area (Å²) in [7, 11) is 0. The summed E-state index contributed by atoms with van der Waals surface area (Å²) in [4.78, 5) is 12.5. The van der Waals surface area contributed by atoms with Crippen LogP contribution >= 0.6 is 0 Å². The minimum Gasteiger partial charge on any atom is -0.361 e. The minimum atomic E-state index is -1.15. The molecule has 0 saturated carbocycles. The van der Waals surface area contributed by atoms with Gasteiger partial charge >= 0.3 is 0 Å².